The van der Waals surface area contributed by atoms with E-state index in [-0.39, 0.29) is 28.9 Å². The van der Waals surface area contributed by atoms with E-state index >= 15 is 0 Å². The summed E-state index contributed by atoms with van der Waals surface area (Å²) in [7, 11) is 1.61. The number of rotatable bonds is 6. The second-order valence-corrected chi connectivity index (χ2v) is 6.47. The van der Waals surface area contributed by atoms with Crippen LogP contribution in [0.5, 0.6) is 5.75 Å². The number of hydrogen-bond acceptors (Lipinski definition) is 4. The van der Waals surface area contributed by atoms with E-state index in [1.807, 2.05) is 6.92 Å². The predicted molar refractivity (Wildman–Crippen MR) is 101 cm³/mol. The zero-order valence-electron chi connectivity index (χ0n) is 14.5. The SMILES string of the molecule is CCOc1ccc(C(=O)N(C)C(C)c2ccc(Cl)cc2Cl)cc1[N+](=O)[O-]. The molecule has 0 aliphatic heterocycles. The monoisotopic (exact) mass is 396 g/mol. The van der Waals surface area contributed by atoms with Crippen molar-refractivity contribution in [3.63, 3.8) is 0 Å². The summed E-state index contributed by atoms with van der Waals surface area (Å²) >= 11 is 12.1. The zero-order valence-corrected chi connectivity index (χ0v) is 16.0. The molecule has 8 heteroatoms. The van der Waals surface area contributed by atoms with E-state index in [1.165, 1.54) is 23.1 Å². The number of carbonyl (C=O) groups excluding carboxylic acids is 1. The van der Waals surface area contributed by atoms with E-state index in [9.17, 15) is 14.9 Å². The average molecular weight is 397 g/mol. The first-order valence-corrected chi connectivity index (χ1v) is 8.65. The molecule has 0 aromatic heterocycles. The third-order valence-electron chi connectivity index (χ3n) is 4.02. The summed E-state index contributed by atoms with van der Waals surface area (Å²) in [6.45, 7) is 3.84. The Morgan fingerprint density at radius 2 is 1.96 bits per heavy atom. The second kappa shape index (κ2) is 8.38. The van der Waals surface area contributed by atoms with Crippen LogP contribution in [0.3, 0.4) is 0 Å². The van der Waals surface area contributed by atoms with Gasteiger partial charge in [0.1, 0.15) is 0 Å². The summed E-state index contributed by atoms with van der Waals surface area (Å²) in [6, 6.07) is 8.86. The molecule has 0 saturated carbocycles. The maximum absolute atomic E-state index is 12.8. The van der Waals surface area contributed by atoms with Gasteiger partial charge >= 0.3 is 5.69 Å². The van der Waals surface area contributed by atoms with Crippen molar-refractivity contribution in [2.45, 2.75) is 19.9 Å². The molecule has 2 aromatic carbocycles. The third kappa shape index (κ3) is 4.26. The number of ether oxygens (including phenoxy) is 1. The highest BCUT2D eigenvalue weighted by molar-refractivity contribution is 6.35. The van der Waals surface area contributed by atoms with Crippen LogP contribution in [0, 0.1) is 10.1 Å². The van der Waals surface area contributed by atoms with Crippen LogP contribution in [0.4, 0.5) is 5.69 Å². The number of halogens is 2. The maximum Gasteiger partial charge on any atom is 0.311 e. The maximum atomic E-state index is 12.8. The van der Waals surface area contributed by atoms with Crippen molar-refractivity contribution in [1.29, 1.82) is 0 Å². The van der Waals surface area contributed by atoms with Crippen molar-refractivity contribution in [2.24, 2.45) is 0 Å². The summed E-state index contributed by atoms with van der Waals surface area (Å²) in [4.78, 5) is 24.9. The Kier molecular flexibility index (Phi) is 6.45. The van der Waals surface area contributed by atoms with Gasteiger partial charge in [0.15, 0.2) is 5.75 Å². The number of benzene rings is 2. The summed E-state index contributed by atoms with van der Waals surface area (Å²) in [5.74, 6) is -0.236. The number of carbonyl (C=O) groups is 1. The molecule has 0 heterocycles. The van der Waals surface area contributed by atoms with Crippen molar-refractivity contribution in [3.05, 3.63) is 67.7 Å². The average Bonchev–Trinajstić information content (AvgIpc) is 2.60. The predicted octanol–water partition coefficient (Wildman–Crippen LogP) is 5.13. The van der Waals surface area contributed by atoms with Gasteiger partial charge in [0.05, 0.1) is 17.6 Å². The van der Waals surface area contributed by atoms with Gasteiger partial charge in [0.25, 0.3) is 5.91 Å². The second-order valence-electron chi connectivity index (χ2n) is 5.63. The van der Waals surface area contributed by atoms with Crippen LogP contribution in [0.15, 0.2) is 36.4 Å². The number of amides is 1. The normalized spacial score (nSPS) is 11.7. The van der Waals surface area contributed by atoms with E-state index in [2.05, 4.69) is 0 Å². The molecule has 0 fully saturated rings. The topological polar surface area (TPSA) is 72.7 Å². The minimum atomic E-state index is -0.568. The molecule has 0 saturated heterocycles. The van der Waals surface area contributed by atoms with Crippen LogP contribution in [-0.2, 0) is 0 Å². The Balaban J connectivity index is 2.32. The van der Waals surface area contributed by atoms with E-state index in [0.717, 1.165) is 5.56 Å². The number of nitro benzene ring substituents is 1. The van der Waals surface area contributed by atoms with Crippen LogP contribution in [-0.4, -0.2) is 29.4 Å². The van der Waals surface area contributed by atoms with Crippen molar-refractivity contribution >= 4 is 34.8 Å². The molecule has 2 aromatic rings. The first kappa shape index (κ1) is 20.0. The lowest BCUT2D eigenvalue weighted by Gasteiger charge is -2.26. The smallest absolute Gasteiger partial charge is 0.311 e. The Bertz CT molecular complexity index is 842. The van der Waals surface area contributed by atoms with E-state index in [4.69, 9.17) is 27.9 Å². The Morgan fingerprint density at radius 3 is 2.54 bits per heavy atom. The van der Waals surface area contributed by atoms with Gasteiger partial charge in [-0.15, -0.1) is 0 Å². The molecule has 2 rings (SSSR count). The van der Waals surface area contributed by atoms with Gasteiger partial charge in [0, 0.05) is 28.7 Å². The molecule has 138 valence electrons. The van der Waals surface area contributed by atoms with Gasteiger partial charge in [-0.25, -0.2) is 0 Å². The van der Waals surface area contributed by atoms with Crippen LogP contribution >= 0.6 is 23.2 Å². The van der Waals surface area contributed by atoms with Crippen molar-refractivity contribution in [1.82, 2.24) is 4.90 Å². The lowest BCUT2D eigenvalue weighted by Crippen LogP contribution is -2.29. The lowest BCUT2D eigenvalue weighted by molar-refractivity contribution is -0.385. The first-order chi connectivity index (χ1) is 12.3. The molecule has 0 aliphatic carbocycles. The molecule has 0 spiro atoms. The highest BCUT2D eigenvalue weighted by Crippen LogP contribution is 2.32. The molecule has 26 heavy (non-hydrogen) atoms. The molecular formula is C18H18Cl2N2O4. The molecule has 1 unspecified atom stereocenters. The van der Waals surface area contributed by atoms with Crippen molar-refractivity contribution in [2.75, 3.05) is 13.7 Å². The zero-order chi connectivity index (χ0) is 19.4. The number of nitro groups is 1. The number of hydrogen-bond donors (Lipinski definition) is 0. The van der Waals surface area contributed by atoms with Gasteiger partial charge in [0.2, 0.25) is 0 Å². The molecule has 0 radical (unpaired) electrons. The highest BCUT2D eigenvalue weighted by atomic mass is 35.5. The molecule has 0 N–H and O–H groups in total. The van der Waals surface area contributed by atoms with Crippen LogP contribution in [0.1, 0.15) is 35.8 Å². The fourth-order valence-corrected chi connectivity index (χ4v) is 3.07. The fraction of sp³-hybridized carbons (Fsp3) is 0.278. The quantitative estimate of drug-likeness (QED) is 0.500. The van der Waals surface area contributed by atoms with E-state index < -0.39 is 4.92 Å². The fourth-order valence-electron chi connectivity index (χ4n) is 2.50. The molecule has 1 amide bonds. The number of nitrogens with zero attached hydrogens (tertiary/aromatic N) is 2. The standard InChI is InChI=1S/C18H18Cl2N2O4/c1-4-26-17-8-5-12(9-16(17)22(24)25)18(23)21(3)11(2)14-7-6-13(19)10-15(14)20/h5-11H,4H2,1-3H3. The Morgan fingerprint density at radius 1 is 1.27 bits per heavy atom. The Labute approximate surface area is 161 Å². The minimum Gasteiger partial charge on any atom is -0.487 e. The summed E-state index contributed by atoms with van der Waals surface area (Å²) in [5.41, 5.74) is 0.676. The molecule has 0 aliphatic rings. The summed E-state index contributed by atoms with van der Waals surface area (Å²) in [5, 5.41) is 12.2. The summed E-state index contributed by atoms with van der Waals surface area (Å²) in [6.07, 6.45) is 0. The minimum absolute atomic E-state index is 0.130. The molecular weight excluding hydrogens is 379 g/mol. The van der Waals surface area contributed by atoms with Crippen molar-refractivity contribution in [3.8, 4) is 5.75 Å². The molecule has 0 bridgehead atoms. The van der Waals surface area contributed by atoms with E-state index in [1.54, 1.807) is 32.2 Å². The van der Waals surface area contributed by atoms with Gasteiger partial charge in [-0.1, -0.05) is 29.3 Å². The van der Waals surface area contributed by atoms with Gasteiger partial charge in [-0.05, 0) is 43.7 Å². The van der Waals surface area contributed by atoms with Crippen LogP contribution in [0.2, 0.25) is 10.0 Å². The Hall–Kier alpha value is -2.31. The van der Waals surface area contributed by atoms with E-state index in [0.29, 0.717) is 16.7 Å². The third-order valence-corrected chi connectivity index (χ3v) is 4.58. The molecule has 1 atom stereocenters. The lowest BCUT2D eigenvalue weighted by atomic mass is 10.1. The highest BCUT2D eigenvalue weighted by Gasteiger charge is 2.24. The van der Waals surface area contributed by atoms with Gasteiger partial charge in [-0.2, -0.15) is 0 Å². The molecule has 6 nitrogen and oxygen atoms in total. The first-order valence-electron chi connectivity index (χ1n) is 7.89. The summed E-state index contributed by atoms with van der Waals surface area (Å²) < 4.78 is 5.24. The van der Waals surface area contributed by atoms with Crippen molar-refractivity contribution < 1.29 is 14.5 Å². The van der Waals surface area contributed by atoms with Crippen LogP contribution < -0.4 is 4.74 Å². The largest absolute Gasteiger partial charge is 0.487 e. The van der Waals surface area contributed by atoms with Gasteiger partial charge < -0.3 is 9.64 Å². The van der Waals surface area contributed by atoms with Crippen LogP contribution in [0.25, 0.3) is 0 Å². The van der Waals surface area contributed by atoms with Gasteiger partial charge in [-0.3, -0.25) is 14.9 Å².